The molecule has 0 saturated heterocycles. The maximum atomic E-state index is 12.4. The van der Waals surface area contributed by atoms with Crippen LogP contribution in [0.5, 0.6) is 5.75 Å². The van der Waals surface area contributed by atoms with Crippen LogP contribution >= 0.6 is 0 Å². The Morgan fingerprint density at radius 1 is 1.16 bits per heavy atom. The molecule has 0 aliphatic carbocycles. The number of nitrogens with one attached hydrogen (secondary N) is 1. The van der Waals surface area contributed by atoms with Gasteiger partial charge in [-0.1, -0.05) is 24.3 Å². The second kappa shape index (κ2) is 5.94. The summed E-state index contributed by atoms with van der Waals surface area (Å²) in [6.07, 6.45) is 3.99. The standard InChI is InChI=1S/C20H17N3O2/c1-13-8-9-23-12-14(21-19(23)10-13)11-20(25)22-17-6-2-5-16-15(17)4-3-7-18(16)24/h2-10,12,24H,11H2,1H3,(H,22,25). The van der Waals surface area contributed by atoms with E-state index in [9.17, 15) is 9.90 Å². The number of phenols is 1. The summed E-state index contributed by atoms with van der Waals surface area (Å²) in [6.45, 7) is 2.01. The highest BCUT2D eigenvalue weighted by atomic mass is 16.3. The topological polar surface area (TPSA) is 66.6 Å². The monoisotopic (exact) mass is 331 g/mol. The minimum Gasteiger partial charge on any atom is -0.507 e. The van der Waals surface area contributed by atoms with Crippen molar-refractivity contribution in [1.82, 2.24) is 9.38 Å². The number of amides is 1. The number of fused-ring (bicyclic) bond motifs is 2. The van der Waals surface area contributed by atoms with E-state index < -0.39 is 0 Å². The molecule has 0 atom stereocenters. The highest BCUT2D eigenvalue weighted by Crippen LogP contribution is 2.29. The first-order valence-corrected chi connectivity index (χ1v) is 8.05. The van der Waals surface area contributed by atoms with Crippen LogP contribution in [0.3, 0.4) is 0 Å². The first-order chi connectivity index (χ1) is 12.1. The first-order valence-electron chi connectivity index (χ1n) is 8.05. The molecule has 5 heteroatoms. The lowest BCUT2D eigenvalue weighted by Crippen LogP contribution is -2.14. The average Bonchev–Trinajstić information content (AvgIpc) is 2.97. The molecular formula is C20H17N3O2. The molecule has 0 unspecified atom stereocenters. The molecule has 4 rings (SSSR count). The van der Waals surface area contributed by atoms with Crippen molar-refractivity contribution in [1.29, 1.82) is 0 Å². The smallest absolute Gasteiger partial charge is 0.230 e. The quantitative estimate of drug-likeness (QED) is 0.602. The first kappa shape index (κ1) is 15.2. The fourth-order valence-electron chi connectivity index (χ4n) is 2.98. The highest BCUT2D eigenvalue weighted by Gasteiger charge is 2.10. The maximum absolute atomic E-state index is 12.4. The fourth-order valence-corrected chi connectivity index (χ4v) is 2.98. The number of aryl methyl sites for hydroxylation is 1. The molecule has 0 radical (unpaired) electrons. The number of hydrogen-bond acceptors (Lipinski definition) is 3. The number of pyridine rings is 1. The summed E-state index contributed by atoms with van der Waals surface area (Å²) in [4.78, 5) is 16.9. The van der Waals surface area contributed by atoms with Crippen molar-refractivity contribution in [3.63, 3.8) is 0 Å². The van der Waals surface area contributed by atoms with Crippen LogP contribution in [0.4, 0.5) is 5.69 Å². The number of aromatic hydroxyl groups is 1. The molecule has 0 saturated carbocycles. The zero-order chi connectivity index (χ0) is 17.4. The number of benzene rings is 2. The largest absolute Gasteiger partial charge is 0.507 e. The summed E-state index contributed by atoms with van der Waals surface area (Å²) in [6, 6.07) is 14.7. The van der Waals surface area contributed by atoms with Crippen molar-refractivity contribution in [3.8, 4) is 5.75 Å². The number of aromatic nitrogens is 2. The van der Waals surface area contributed by atoms with Crippen molar-refractivity contribution in [3.05, 3.63) is 72.2 Å². The molecule has 2 aromatic carbocycles. The van der Waals surface area contributed by atoms with E-state index in [4.69, 9.17) is 0 Å². The van der Waals surface area contributed by atoms with Gasteiger partial charge in [0.1, 0.15) is 11.4 Å². The minimum absolute atomic E-state index is 0.143. The minimum atomic E-state index is -0.143. The van der Waals surface area contributed by atoms with Gasteiger partial charge in [0, 0.05) is 28.9 Å². The molecule has 4 aromatic rings. The number of carbonyl (C=O) groups is 1. The van der Waals surface area contributed by atoms with Gasteiger partial charge in [0.15, 0.2) is 0 Å². The summed E-state index contributed by atoms with van der Waals surface area (Å²) in [7, 11) is 0. The van der Waals surface area contributed by atoms with E-state index >= 15 is 0 Å². The Labute approximate surface area is 144 Å². The number of phenolic OH excluding ortho intramolecular Hbond substituents is 1. The van der Waals surface area contributed by atoms with Gasteiger partial charge in [0.25, 0.3) is 0 Å². The molecule has 2 N–H and O–H groups in total. The number of anilines is 1. The van der Waals surface area contributed by atoms with Crippen LogP contribution in [0.1, 0.15) is 11.3 Å². The summed E-state index contributed by atoms with van der Waals surface area (Å²) >= 11 is 0. The van der Waals surface area contributed by atoms with Gasteiger partial charge < -0.3 is 14.8 Å². The molecule has 25 heavy (non-hydrogen) atoms. The molecule has 5 nitrogen and oxygen atoms in total. The second-order valence-electron chi connectivity index (χ2n) is 6.10. The van der Waals surface area contributed by atoms with Crippen molar-refractivity contribution in [2.45, 2.75) is 13.3 Å². The lowest BCUT2D eigenvalue weighted by molar-refractivity contribution is -0.115. The van der Waals surface area contributed by atoms with Crippen molar-refractivity contribution in [2.24, 2.45) is 0 Å². The van der Waals surface area contributed by atoms with E-state index in [1.54, 1.807) is 12.1 Å². The van der Waals surface area contributed by atoms with Gasteiger partial charge >= 0.3 is 0 Å². The Balaban J connectivity index is 1.58. The van der Waals surface area contributed by atoms with Gasteiger partial charge in [-0.15, -0.1) is 0 Å². The van der Waals surface area contributed by atoms with Crippen molar-refractivity contribution >= 4 is 28.0 Å². The van der Waals surface area contributed by atoms with E-state index in [-0.39, 0.29) is 18.1 Å². The van der Waals surface area contributed by atoms with Crippen LogP contribution in [0.2, 0.25) is 0 Å². The molecular weight excluding hydrogens is 314 g/mol. The van der Waals surface area contributed by atoms with E-state index in [1.807, 2.05) is 60.1 Å². The number of nitrogens with zero attached hydrogens (tertiary/aromatic N) is 2. The zero-order valence-electron chi connectivity index (χ0n) is 13.7. The van der Waals surface area contributed by atoms with Crippen LogP contribution < -0.4 is 5.32 Å². The summed E-state index contributed by atoms with van der Waals surface area (Å²) in [5.74, 6) is 0.0558. The fraction of sp³-hybridized carbons (Fsp3) is 0.100. The number of rotatable bonds is 3. The van der Waals surface area contributed by atoms with E-state index in [2.05, 4.69) is 10.3 Å². The average molecular weight is 331 g/mol. The van der Waals surface area contributed by atoms with Gasteiger partial charge in [0.05, 0.1) is 12.1 Å². The second-order valence-corrected chi connectivity index (χ2v) is 6.10. The molecule has 0 aliphatic heterocycles. The van der Waals surface area contributed by atoms with Gasteiger partial charge in [-0.3, -0.25) is 4.79 Å². The molecule has 124 valence electrons. The molecule has 0 bridgehead atoms. The lowest BCUT2D eigenvalue weighted by atomic mass is 10.1. The Hall–Kier alpha value is -3.34. The van der Waals surface area contributed by atoms with Crippen molar-refractivity contribution in [2.75, 3.05) is 5.32 Å². The molecule has 0 spiro atoms. The molecule has 0 aliphatic rings. The SMILES string of the molecule is Cc1ccn2cc(CC(=O)Nc3cccc4c(O)cccc34)nc2c1. The molecule has 2 aromatic heterocycles. The van der Waals surface area contributed by atoms with E-state index in [1.165, 1.54) is 0 Å². The molecule has 0 fully saturated rings. The molecule has 2 heterocycles. The number of carbonyl (C=O) groups excluding carboxylic acids is 1. The Bertz CT molecular complexity index is 1100. The van der Waals surface area contributed by atoms with E-state index in [0.717, 1.165) is 16.6 Å². The van der Waals surface area contributed by atoms with Gasteiger partial charge in [-0.05, 0) is 36.8 Å². The van der Waals surface area contributed by atoms with E-state index in [0.29, 0.717) is 16.8 Å². The van der Waals surface area contributed by atoms with Crippen LogP contribution in [0.25, 0.3) is 16.4 Å². The van der Waals surface area contributed by atoms with Gasteiger partial charge in [-0.25, -0.2) is 4.98 Å². The Kier molecular flexibility index (Phi) is 3.61. The predicted molar refractivity (Wildman–Crippen MR) is 97.9 cm³/mol. The third-order valence-electron chi connectivity index (χ3n) is 4.18. The third kappa shape index (κ3) is 2.92. The van der Waals surface area contributed by atoms with Crippen LogP contribution in [-0.4, -0.2) is 20.4 Å². The molecule has 1 amide bonds. The normalized spacial score (nSPS) is 11.1. The van der Waals surface area contributed by atoms with Crippen LogP contribution in [-0.2, 0) is 11.2 Å². The number of hydrogen-bond donors (Lipinski definition) is 2. The third-order valence-corrected chi connectivity index (χ3v) is 4.18. The summed E-state index contributed by atoms with van der Waals surface area (Å²) in [5.41, 5.74) is 3.35. The number of imidazole rings is 1. The van der Waals surface area contributed by atoms with Crippen LogP contribution in [0.15, 0.2) is 60.9 Å². The Morgan fingerprint density at radius 3 is 2.84 bits per heavy atom. The summed E-state index contributed by atoms with van der Waals surface area (Å²) in [5, 5.41) is 14.4. The lowest BCUT2D eigenvalue weighted by Gasteiger charge is -2.09. The van der Waals surface area contributed by atoms with Crippen molar-refractivity contribution < 1.29 is 9.90 Å². The predicted octanol–water partition coefficient (Wildman–Crippen LogP) is 3.68. The maximum Gasteiger partial charge on any atom is 0.230 e. The summed E-state index contributed by atoms with van der Waals surface area (Å²) < 4.78 is 1.91. The Morgan fingerprint density at radius 2 is 1.96 bits per heavy atom. The highest BCUT2D eigenvalue weighted by molar-refractivity contribution is 6.04. The zero-order valence-corrected chi connectivity index (χ0v) is 13.7. The van der Waals surface area contributed by atoms with Gasteiger partial charge in [-0.2, -0.15) is 0 Å². The van der Waals surface area contributed by atoms with Gasteiger partial charge in [0.2, 0.25) is 5.91 Å². The van der Waals surface area contributed by atoms with Crippen LogP contribution in [0, 0.1) is 6.92 Å².